The number of nitrogens with zero attached hydrogens (tertiary/aromatic N) is 1. The average Bonchev–Trinajstić information content (AvgIpc) is 3.15. The molecule has 0 fully saturated rings. The van der Waals surface area contributed by atoms with Gasteiger partial charge in [-0.05, 0) is 52.7 Å². The van der Waals surface area contributed by atoms with Crippen LogP contribution in [0.15, 0.2) is 39.8 Å². The van der Waals surface area contributed by atoms with E-state index in [0.717, 1.165) is 27.2 Å². The number of fused-ring (bicyclic) bond motifs is 1. The lowest BCUT2D eigenvalue weighted by atomic mass is 10.2. The van der Waals surface area contributed by atoms with Crippen molar-refractivity contribution in [2.45, 2.75) is 13.5 Å². The summed E-state index contributed by atoms with van der Waals surface area (Å²) in [6.07, 6.45) is 0. The van der Waals surface area contributed by atoms with E-state index < -0.39 is 0 Å². The second-order valence-corrected chi connectivity index (χ2v) is 6.52. The van der Waals surface area contributed by atoms with Crippen LogP contribution in [0, 0.1) is 0 Å². The number of ether oxygens (including phenoxy) is 4. The minimum atomic E-state index is 0.244. The molecular weight excluding hydrogens is 414 g/mol. The highest BCUT2D eigenvalue weighted by Crippen LogP contribution is 2.40. The zero-order valence-electron chi connectivity index (χ0n) is 15.5. The number of methoxy groups -OCH3 is 1. The van der Waals surface area contributed by atoms with Crippen molar-refractivity contribution in [2.75, 3.05) is 32.9 Å². The van der Waals surface area contributed by atoms with E-state index in [1.165, 1.54) is 0 Å². The molecule has 8 heteroatoms. The fourth-order valence-corrected chi connectivity index (χ4v) is 3.25. The first-order valence-corrected chi connectivity index (χ1v) is 9.30. The second-order valence-electron chi connectivity index (χ2n) is 5.66. The summed E-state index contributed by atoms with van der Waals surface area (Å²) in [5.41, 5.74) is 1.89. The summed E-state index contributed by atoms with van der Waals surface area (Å²) < 4.78 is 22.7. The molecule has 0 saturated carbocycles. The number of halogens is 1. The van der Waals surface area contributed by atoms with Crippen molar-refractivity contribution in [3.63, 3.8) is 0 Å². The normalized spacial score (nSPS) is 12.7. The highest BCUT2D eigenvalue weighted by Gasteiger charge is 2.18. The molecular formula is C19H22BrN3O4. The molecule has 1 aliphatic rings. The van der Waals surface area contributed by atoms with Crippen molar-refractivity contribution in [3.05, 3.63) is 40.4 Å². The molecule has 144 valence electrons. The predicted octanol–water partition coefficient (Wildman–Crippen LogP) is 3.77. The van der Waals surface area contributed by atoms with Gasteiger partial charge in [0.1, 0.15) is 0 Å². The molecule has 1 aliphatic heterocycles. The molecule has 0 unspecified atom stereocenters. The van der Waals surface area contributed by atoms with Gasteiger partial charge in [-0.3, -0.25) is 4.99 Å². The molecule has 0 spiro atoms. The Hall–Kier alpha value is -2.61. The smallest absolute Gasteiger partial charge is 0.231 e. The molecule has 0 aliphatic carbocycles. The maximum Gasteiger partial charge on any atom is 0.231 e. The molecule has 2 N–H and O–H groups in total. The van der Waals surface area contributed by atoms with Crippen molar-refractivity contribution >= 4 is 27.6 Å². The summed E-state index contributed by atoms with van der Waals surface area (Å²) in [5.74, 6) is 3.48. The topological polar surface area (TPSA) is 73.3 Å². The van der Waals surface area contributed by atoms with E-state index in [-0.39, 0.29) is 6.79 Å². The van der Waals surface area contributed by atoms with Crippen LogP contribution in [-0.4, -0.2) is 33.5 Å². The number of benzene rings is 2. The summed E-state index contributed by atoms with van der Waals surface area (Å²) in [4.78, 5) is 4.27. The van der Waals surface area contributed by atoms with Gasteiger partial charge in [-0.2, -0.15) is 0 Å². The van der Waals surface area contributed by atoms with E-state index in [2.05, 4.69) is 31.6 Å². The minimum absolute atomic E-state index is 0.244. The molecule has 2 aromatic carbocycles. The Balaban J connectivity index is 1.66. The lowest BCUT2D eigenvalue weighted by molar-refractivity contribution is 0.173. The SMILES string of the molecule is CCOc1cc(NC(=NC)NCc2cc(Br)c3c(c2)OCO3)ccc1OC. The van der Waals surface area contributed by atoms with Crippen LogP contribution in [0.4, 0.5) is 5.69 Å². The molecule has 0 aromatic heterocycles. The van der Waals surface area contributed by atoms with Crippen molar-refractivity contribution in [3.8, 4) is 23.0 Å². The highest BCUT2D eigenvalue weighted by atomic mass is 79.9. The van der Waals surface area contributed by atoms with Crippen LogP contribution >= 0.6 is 15.9 Å². The van der Waals surface area contributed by atoms with E-state index >= 15 is 0 Å². The van der Waals surface area contributed by atoms with Gasteiger partial charge in [-0.1, -0.05) is 0 Å². The number of anilines is 1. The number of nitrogens with one attached hydrogen (secondary N) is 2. The van der Waals surface area contributed by atoms with E-state index in [9.17, 15) is 0 Å². The number of hydrogen-bond donors (Lipinski definition) is 2. The lowest BCUT2D eigenvalue weighted by Crippen LogP contribution is -2.30. The lowest BCUT2D eigenvalue weighted by Gasteiger charge is -2.15. The Kier molecular flexibility index (Phi) is 6.28. The molecule has 27 heavy (non-hydrogen) atoms. The van der Waals surface area contributed by atoms with Gasteiger partial charge >= 0.3 is 0 Å². The third kappa shape index (κ3) is 4.57. The van der Waals surface area contributed by atoms with Crippen LogP contribution in [0.3, 0.4) is 0 Å². The van der Waals surface area contributed by atoms with Crippen LogP contribution in [0.5, 0.6) is 23.0 Å². The monoisotopic (exact) mass is 435 g/mol. The molecule has 0 saturated heterocycles. The van der Waals surface area contributed by atoms with Gasteiger partial charge < -0.3 is 29.6 Å². The zero-order valence-corrected chi connectivity index (χ0v) is 17.1. The predicted molar refractivity (Wildman–Crippen MR) is 108 cm³/mol. The van der Waals surface area contributed by atoms with Crippen LogP contribution in [0.25, 0.3) is 0 Å². The molecule has 0 atom stereocenters. The third-order valence-electron chi connectivity index (χ3n) is 3.90. The van der Waals surface area contributed by atoms with Crippen molar-refractivity contribution in [2.24, 2.45) is 4.99 Å². The Labute approximate surface area is 166 Å². The molecule has 0 radical (unpaired) electrons. The number of hydrogen-bond acceptors (Lipinski definition) is 5. The molecule has 3 rings (SSSR count). The van der Waals surface area contributed by atoms with Gasteiger partial charge in [0, 0.05) is 25.3 Å². The quantitative estimate of drug-likeness (QED) is 0.531. The second kappa shape index (κ2) is 8.85. The number of guanidine groups is 1. The molecule has 0 amide bonds. The maximum absolute atomic E-state index is 5.61. The molecule has 0 bridgehead atoms. The van der Waals surface area contributed by atoms with Gasteiger partial charge in [0.2, 0.25) is 6.79 Å². The number of aliphatic imine (C=N–C) groups is 1. The van der Waals surface area contributed by atoms with E-state index in [1.807, 2.05) is 37.3 Å². The van der Waals surface area contributed by atoms with Crippen LogP contribution in [0.1, 0.15) is 12.5 Å². The third-order valence-corrected chi connectivity index (χ3v) is 4.49. The Bertz CT molecular complexity index is 842. The fourth-order valence-electron chi connectivity index (χ4n) is 2.65. The number of rotatable bonds is 6. The van der Waals surface area contributed by atoms with Gasteiger partial charge in [-0.15, -0.1) is 0 Å². The first-order valence-electron chi connectivity index (χ1n) is 8.51. The fraction of sp³-hybridized carbons (Fsp3) is 0.316. The molecule has 1 heterocycles. The van der Waals surface area contributed by atoms with Crippen LogP contribution < -0.4 is 29.6 Å². The Morgan fingerprint density at radius 1 is 1.22 bits per heavy atom. The summed E-state index contributed by atoms with van der Waals surface area (Å²) in [6, 6.07) is 9.59. The largest absolute Gasteiger partial charge is 0.493 e. The van der Waals surface area contributed by atoms with E-state index in [0.29, 0.717) is 30.6 Å². The van der Waals surface area contributed by atoms with Gasteiger partial charge in [-0.25, -0.2) is 0 Å². The van der Waals surface area contributed by atoms with Crippen molar-refractivity contribution in [1.82, 2.24) is 5.32 Å². The van der Waals surface area contributed by atoms with E-state index in [4.69, 9.17) is 18.9 Å². The zero-order chi connectivity index (χ0) is 19.2. The van der Waals surface area contributed by atoms with Crippen molar-refractivity contribution < 1.29 is 18.9 Å². The summed E-state index contributed by atoms with van der Waals surface area (Å²) >= 11 is 3.51. The Morgan fingerprint density at radius 3 is 2.81 bits per heavy atom. The first-order chi connectivity index (χ1) is 13.1. The van der Waals surface area contributed by atoms with Crippen molar-refractivity contribution in [1.29, 1.82) is 0 Å². The standard InChI is InChI=1S/C19H22BrN3O4/c1-4-25-16-9-13(5-6-15(16)24-3)23-19(21-2)22-10-12-7-14(20)18-17(8-12)26-11-27-18/h5-9H,4,10-11H2,1-3H3,(H2,21,22,23). The van der Waals surface area contributed by atoms with Gasteiger partial charge in [0.25, 0.3) is 0 Å². The first kappa shape index (κ1) is 19.2. The van der Waals surface area contributed by atoms with Crippen LogP contribution in [-0.2, 0) is 6.54 Å². The van der Waals surface area contributed by atoms with E-state index in [1.54, 1.807) is 14.2 Å². The van der Waals surface area contributed by atoms with Gasteiger partial charge in [0.05, 0.1) is 18.2 Å². The minimum Gasteiger partial charge on any atom is -0.493 e. The molecule has 7 nitrogen and oxygen atoms in total. The molecule has 2 aromatic rings. The summed E-state index contributed by atoms with van der Waals surface area (Å²) in [7, 11) is 3.34. The summed E-state index contributed by atoms with van der Waals surface area (Å²) in [6.45, 7) is 3.31. The average molecular weight is 436 g/mol. The van der Waals surface area contributed by atoms with Crippen LogP contribution in [0.2, 0.25) is 0 Å². The maximum atomic E-state index is 5.61. The Morgan fingerprint density at radius 2 is 2.07 bits per heavy atom. The van der Waals surface area contributed by atoms with Gasteiger partial charge in [0.15, 0.2) is 29.0 Å². The highest BCUT2D eigenvalue weighted by molar-refractivity contribution is 9.10. The summed E-state index contributed by atoms with van der Waals surface area (Å²) in [5, 5.41) is 6.53.